The van der Waals surface area contributed by atoms with Crippen molar-refractivity contribution in [3.63, 3.8) is 0 Å². The molecule has 18 heavy (non-hydrogen) atoms. The van der Waals surface area contributed by atoms with Crippen molar-refractivity contribution in [3.8, 4) is 0 Å². The number of nitrogens with two attached hydrogens (primary N) is 1. The maximum atomic E-state index is 11.4. The lowest BCUT2D eigenvalue weighted by Crippen LogP contribution is -2.30. The van der Waals surface area contributed by atoms with Crippen LogP contribution in [-0.4, -0.2) is 15.9 Å². The Balaban J connectivity index is 2.05. The van der Waals surface area contributed by atoms with E-state index in [1.807, 2.05) is 0 Å². The fourth-order valence-corrected chi connectivity index (χ4v) is 2.10. The number of hydrogen-bond acceptors (Lipinski definition) is 6. The van der Waals surface area contributed by atoms with Gasteiger partial charge in [0.15, 0.2) is 5.16 Å². The van der Waals surface area contributed by atoms with Crippen LogP contribution < -0.4 is 11.3 Å². The molecule has 0 spiro atoms. The van der Waals surface area contributed by atoms with Crippen molar-refractivity contribution in [1.29, 1.82) is 0 Å². The summed E-state index contributed by atoms with van der Waals surface area (Å²) < 4.78 is 5.47. The topological polar surface area (TPSA) is 94.0 Å². The maximum Gasteiger partial charge on any atom is 0.268 e. The van der Waals surface area contributed by atoms with Gasteiger partial charge in [-0.15, -0.1) is 0 Å². The molecular formula is C11H12N4O2S. The van der Waals surface area contributed by atoms with Crippen molar-refractivity contribution < 1.29 is 9.21 Å². The minimum Gasteiger partial charge on any atom is -0.465 e. The van der Waals surface area contributed by atoms with Crippen LogP contribution in [0.25, 0.3) is 0 Å². The molecule has 0 aliphatic carbocycles. The van der Waals surface area contributed by atoms with E-state index in [0.29, 0.717) is 28.0 Å². The van der Waals surface area contributed by atoms with Gasteiger partial charge in [0, 0.05) is 12.4 Å². The second-order valence-electron chi connectivity index (χ2n) is 3.48. The van der Waals surface area contributed by atoms with Crippen molar-refractivity contribution in [1.82, 2.24) is 15.4 Å². The number of aryl methyl sites for hydroxylation is 1. The van der Waals surface area contributed by atoms with Crippen LogP contribution in [0.4, 0.5) is 0 Å². The molecule has 0 aliphatic rings. The highest BCUT2D eigenvalue weighted by Crippen LogP contribution is 2.22. The molecule has 1 amide bonds. The third-order valence-electron chi connectivity index (χ3n) is 2.23. The molecule has 2 rings (SSSR count). The number of furan rings is 1. The smallest absolute Gasteiger partial charge is 0.268 e. The number of thioether (sulfide) groups is 1. The monoisotopic (exact) mass is 264 g/mol. The first-order valence-corrected chi connectivity index (χ1v) is 6.19. The molecule has 6 nitrogen and oxygen atoms in total. The van der Waals surface area contributed by atoms with Gasteiger partial charge in [0.25, 0.3) is 5.91 Å². The van der Waals surface area contributed by atoms with Crippen LogP contribution in [0.3, 0.4) is 0 Å². The molecule has 7 heteroatoms. The van der Waals surface area contributed by atoms with Crippen molar-refractivity contribution in [3.05, 3.63) is 41.6 Å². The third-order valence-corrected chi connectivity index (χ3v) is 3.13. The lowest BCUT2D eigenvalue weighted by atomic mass is 10.2. The maximum absolute atomic E-state index is 11.4. The molecule has 0 radical (unpaired) electrons. The van der Waals surface area contributed by atoms with Crippen LogP contribution in [-0.2, 0) is 5.75 Å². The molecule has 0 unspecified atom stereocenters. The van der Waals surface area contributed by atoms with Gasteiger partial charge in [-0.1, -0.05) is 11.8 Å². The van der Waals surface area contributed by atoms with E-state index in [-0.39, 0.29) is 5.91 Å². The zero-order valence-electron chi connectivity index (χ0n) is 9.71. The first-order chi connectivity index (χ1) is 8.70. The largest absolute Gasteiger partial charge is 0.465 e. The van der Waals surface area contributed by atoms with Crippen LogP contribution in [0.1, 0.15) is 21.9 Å². The minimum absolute atomic E-state index is 0.358. The van der Waals surface area contributed by atoms with Crippen molar-refractivity contribution in [2.45, 2.75) is 17.8 Å². The Morgan fingerprint density at radius 3 is 2.89 bits per heavy atom. The summed E-state index contributed by atoms with van der Waals surface area (Å²) in [6.07, 6.45) is 3.35. The van der Waals surface area contributed by atoms with Gasteiger partial charge in [-0.3, -0.25) is 10.2 Å². The molecule has 2 aromatic rings. The summed E-state index contributed by atoms with van der Waals surface area (Å²) >= 11 is 1.44. The Hall–Kier alpha value is -1.86. The number of aromatic nitrogens is 2. The fraction of sp³-hybridized carbons (Fsp3) is 0.182. The van der Waals surface area contributed by atoms with Crippen molar-refractivity contribution >= 4 is 17.7 Å². The van der Waals surface area contributed by atoms with Gasteiger partial charge in [-0.05, 0) is 19.1 Å². The molecule has 2 heterocycles. The van der Waals surface area contributed by atoms with E-state index < -0.39 is 0 Å². The van der Waals surface area contributed by atoms with Gasteiger partial charge in [0.2, 0.25) is 0 Å². The predicted molar refractivity (Wildman–Crippen MR) is 66.7 cm³/mol. The first kappa shape index (κ1) is 12.6. The minimum atomic E-state index is -0.358. The van der Waals surface area contributed by atoms with Gasteiger partial charge in [-0.25, -0.2) is 15.8 Å². The molecular weight excluding hydrogens is 252 g/mol. The zero-order valence-corrected chi connectivity index (χ0v) is 10.5. The number of hydrazine groups is 1. The van der Waals surface area contributed by atoms with E-state index in [9.17, 15) is 4.79 Å². The van der Waals surface area contributed by atoms with Crippen LogP contribution in [0, 0.1) is 6.92 Å². The fourth-order valence-electron chi connectivity index (χ4n) is 1.41. The number of amides is 1. The van der Waals surface area contributed by atoms with E-state index in [1.165, 1.54) is 11.8 Å². The number of nitrogens with one attached hydrogen (secondary N) is 1. The highest BCUT2D eigenvalue weighted by molar-refractivity contribution is 7.98. The molecule has 0 aliphatic heterocycles. The molecule has 94 valence electrons. The number of hydrogen-bond donors (Lipinski definition) is 2. The van der Waals surface area contributed by atoms with Crippen molar-refractivity contribution in [2.75, 3.05) is 0 Å². The number of nitrogen functional groups attached to an aromatic ring is 1. The number of carbonyl (C=O) groups is 1. The Kier molecular flexibility index (Phi) is 3.96. The molecule has 3 N–H and O–H groups in total. The first-order valence-electron chi connectivity index (χ1n) is 5.21. The predicted octanol–water partition coefficient (Wildman–Crippen LogP) is 1.27. The lowest BCUT2D eigenvalue weighted by Gasteiger charge is -1.95. The van der Waals surface area contributed by atoms with Crippen molar-refractivity contribution in [2.24, 2.45) is 5.84 Å². The quantitative estimate of drug-likeness (QED) is 0.284. The standard InChI is InChI=1S/C11H12N4O2S/c1-7-9(10(16)15-12)5-8(17-7)6-18-11-13-3-2-4-14-11/h2-5H,6,12H2,1H3,(H,15,16). The SMILES string of the molecule is Cc1oc(CSc2ncccn2)cc1C(=O)NN. The van der Waals surface area contributed by atoms with Gasteiger partial charge in [-0.2, -0.15) is 0 Å². The van der Waals surface area contributed by atoms with Gasteiger partial charge in [0.1, 0.15) is 11.5 Å². The van der Waals surface area contributed by atoms with E-state index in [0.717, 1.165) is 0 Å². The summed E-state index contributed by atoms with van der Waals surface area (Å²) in [7, 11) is 0. The van der Waals surface area contributed by atoms with E-state index in [4.69, 9.17) is 10.3 Å². The average Bonchev–Trinajstić information content (AvgIpc) is 2.78. The summed E-state index contributed by atoms with van der Waals surface area (Å²) in [6.45, 7) is 1.72. The van der Waals surface area contributed by atoms with Crippen LogP contribution in [0.2, 0.25) is 0 Å². The Morgan fingerprint density at radius 1 is 1.50 bits per heavy atom. The summed E-state index contributed by atoms with van der Waals surface area (Å²) in [5.74, 6) is 6.51. The third kappa shape index (κ3) is 2.88. The summed E-state index contributed by atoms with van der Waals surface area (Å²) in [4.78, 5) is 19.6. The number of rotatable bonds is 4. The van der Waals surface area contributed by atoms with Gasteiger partial charge >= 0.3 is 0 Å². The highest BCUT2D eigenvalue weighted by Gasteiger charge is 2.14. The zero-order chi connectivity index (χ0) is 13.0. The molecule has 0 fully saturated rings. The van der Waals surface area contributed by atoms with E-state index in [2.05, 4.69) is 15.4 Å². The Labute approximate surface area is 108 Å². The number of nitrogens with zero attached hydrogens (tertiary/aromatic N) is 2. The van der Waals surface area contributed by atoms with E-state index in [1.54, 1.807) is 31.5 Å². The molecule has 0 saturated carbocycles. The molecule has 0 aromatic carbocycles. The average molecular weight is 264 g/mol. The van der Waals surface area contributed by atoms with Gasteiger partial charge < -0.3 is 4.42 Å². The second-order valence-corrected chi connectivity index (χ2v) is 4.42. The summed E-state index contributed by atoms with van der Waals surface area (Å²) in [5, 5.41) is 0.663. The van der Waals surface area contributed by atoms with E-state index >= 15 is 0 Å². The summed E-state index contributed by atoms with van der Waals surface area (Å²) in [6, 6.07) is 3.43. The number of carbonyl (C=O) groups excluding carboxylic acids is 1. The van der Waals surface area contributed by atoms with Crippen LogP contribution >= 0.6 is 11.8 Å². The molecule has 0 bridgehead atoms. The molecule has 0 saturated heterocycles. The van der Waals surface area contributed by atoms with Gasteiger partial charge in [0.05, 0.1) is 11.3 Å². The van der Waals surface area contributed by atoms with Crippen LogP contribution in [0.5, 0.6) is 0 Å². The normalized spacial score (nSPS) is 10.3. The Bertz CT molecular complexity index is 541. The highest BCUT2D eigenvalue weighted by atomic mass is 32.2. The lowest BCUT2D eigenvalue weighted by molar-refractivity contribution is 0.0952. The Morgan fingerprint density at radius 2 is 2.22 bits per heavy atom. The summed E-state index contributed by atoms with van der Waals surface area (Å²) in [5.41, 5.74) is 2.53. The molecule has 2 aromatic heterocycles. The van der Waals surface area contributed by atoms with Crippen LogP contribution in [0.15, 0.2) is 34.1 Å². The second kappa shape index (κ2) is 5.65. The molecule has 0 atom stereocenters.